The molecule has 1 heterocycles. The Bertz CT molecular complexity index is 406. The summed E-state index contributed by atoms with van der Waals surface area (Å²) in [5, 5.41) is 21.9. The van der Waals surface area contributed by atoms with Gasteiger partial charge in [-0.2, -0.15) is 0 Å². The molecule has 0 radical (unpaired) electrons. The predicted molar refractivity (Wildman–Crippen MR) is 59.1 cm³/mol. The minimum atomic E-state index is -0.190. The lowest BCUT2D eigenvalue weighted by Crippen LogP contribution is -2.09. The van der Waals surface area contributed by atoms with E-state index >= 15 is 0 Å². The van der Waals surface area contributed by atoms with Crippen molar-refractivity contribution in [2.45, 2.75) is 6.42 Å². The lowest BCUT2D eigenvalue weighted by Gasteiger charge is -2.23. The SMILES string of the molecule is O=C1Cc2c(ccc(N([O-])O)c2I)N1. The minimum Gasteiger partial charge on any atom is -0.733 e. The summed E-state index contributed by atoms with van der Waals surface area (Å²) in [5.74, 6) is -0.0922. The van der Waals surface area contributed by atoms with Gasteiger partial charge in [-0.25, -0.2) is 0 Å². The molecule has 0 aliphatic carbocycles. The van der Waals surface area contributed by atoms with E-state index in [9.17, 15) is 10.0 Å². The number of nitrogens with one attached hydrogen (secondary N) is 1. The maximum absolute atomic E-state index is 11.1. The summed E-state index contributed by atoms with van der Waals surface area (Å²) >= 11 is 1.94. The summed E-state index contributed by atoms with van der Waals surface area (Å²) in [5.41, 5.74) is 1.65. The van der Waals surface area contributed by atoms with Gasteiger partial charge in [0.2, 0.25) is 5.91 Å². The molecule has 1 aliphatic heterocycles. The molecule has 5 nitrogen and oxygen atoms in total. The molecule has 14 heavy (non-hydrogen) atoms. The third-order valence-corrected chi connectivity index (χ3v) is 3.24. The zero-order valence-electron chi connectivity index (χ0n) is 6.95. The van der Waals surface area contributed by atoms with Crippen LogP contribution in [0.25, 0.3) is 0 Å². The fourth-order valence-electron chi connectivity index (χ4n) is 1.40. The normalized spacial score (nSPS) is 13.8. The third kappa shape index (κ3) is 1.45. The van der Waals surface area contributed by atoms with Crippen LogP contribution >= 0.6 is 22.6 Å². The molecule has 1 aromatic carbocycles. The van der Waals surface area contributed by atoms with Crippen LogP contribution in [-0.2, 0) is 11.2 Å². The Balaban J connectivity index is 2.53. The number of halogens is 1. The van der Waals surface area contributed by atoms with E-state index in [0.717, 1.165) is 5.56 Å². The number of fused-ring (bicyclic) bond motifs is 1. The number of hydrogen-bond acceptors (Lipinski definition) is 4. The standard InChI is InChI=1S/C8H6IN2O3/c9-8-4-3-7(12)10-5(4)1-2-6(8)11(13)14/h1-2,13H,3H2,(H,10,12)/q-1. The lowest BCUT2D eigenvalue weighted by atomic mass is 10.1. The number of amides is 1. The highest BCUT2D eigenvalue weighted by Crippen LogP contribution is 2.33. The van der Waals surface area contributed by atoms with Crippen molar-refractivity contribution in [2.24, 2.45) is 0 Å². The van der Waals surface area contributed by atoms with E-state index in [2.05, 4.69) is 5.32 Å². The van der Waals surface area contributed by atoms with Gasteiger partial charge < -0.3 is 15.8 Å². The van der Waals surface area contributed by atoms with Gasteiger partial charge in [0.25, 0.3) is 0 Å². The van der Waals surface area contributed by atoms with Crippen molar-refractivity contribution in [1.82, 2.24) is 0 Å². The van der Waals surface area contributed by atoms with E-state index in [-0.39, 0.29) is 23.2 Å². The van der Waals surface area contributed by atoms with Crippen LogP contribution in [0.3, 0.4) is 0 Å². The van der Waals surface area contributed by atoms with Crippen molar-refractivity contribution in [3.63, 3.8) is 0 Å². The molecule has 0 fully saturated rings. The van der Waals surface area contributed by atoms with Crippen LogP contribution in [-0.4, -0.2) is 11.1 Å². The first kappa shape index (κ1) is 9.69. The Morgan fingerprint density at radius 2 is 2.29 bits per heavy atom. The first-order valence-corrected chi connectivity index (χ1v) is 4.95. The number of carbonyl (C=O) groups excluding carboxylic acids is 1. The minimum absolute atomic E-state index is 0.0922. The molecule has 1 aliphatic rings. The van der Waals surface area contributed by atoms with E-state index < -0.39 is 0 Å². The second kappa shape index (κ2) is 3.37. The van der Waals surface area contributed by atoms with Crippen LogP contribution in [0.15, 0.2) is 12.1 Å². The Labute approximate surface area is 93.4 Å². The lowest BCUT2D eigenvalue weighted by molar-refractivity contribution is -0.115. The molecule has 0 saturated heterocycles. The van der Waals surface area contributed by atoms with Crippen LogP contribution in [0.2, 0.25) is 0 Å². The van der Waals surface area contributed by atoms with Gasteiger partial charge in [0.1, 0.15) is 0 Å². The van der Waals surface area contributed by atoms with Crippen LogP contribution in [0, 0.1) is 8.78 Å². The summed E-state index contributed by atoms with van der Waals surface area (Å²) in [6, 6.07) is 3.08. The highest BCUT2D eigenvalue weighted by Gasteiger charge is 2.21. The molecule has 0 unspecified atom stereocenters. The van der Waals surface area contributed by atoms with Crippen molar-refractivity contribution < 1.29 is 10.0 Å². The number of anilines is 2. The summed E-state index contributed by atoms with van der Waals surface area (Å²) in [6.07, 6.45) is 0.259. The molecule has 0 spiro atoms. The Morgan fingerprint density at radius 3 is 2.93 bits per heavy atom. The van der Waals surface area contributed by atoms with Crippen molar-refractivity contribution in [2.75, 3.05) is 10.5 Å². The molecular weight excluding hydrogens is 299 g/mol. The Kier molecular flexibility index (Phi) is 2.33. The van der Waals surface area contributed by atoms with Gasteiger partial charge in [0, 0.05) is 14.8 Å². The molecule has 1 amide bonds. The molecule has 2 N–H and O–H groups in total. The first-order chi connectivity index (χ1) is 6.59. The fraction of sp³-hybridized carbons (Fsp3) is 0.125. The predicted octanol–water partition coefficient (Wildman–Crippen LogP) is 1.48. The number of nitrogens with zero attached hydrogens (tertiary/aromatic N) is 1. The van der Waals surface area contributed by atoms with Crippen LogP contribution in [0.5, 0.6) is 0 Å². The Morgan fingerprint density at radius 1 is 1.57 bits per heavy atom. The molecule has 1 aromatic rings. The van der Waals surface area contributed by atoms with Crippen molar-refractivity contribution in [3.05, 3.63) is 26.5 Å². The highest BCUT2D eigenvalue weighted by atomic mass is 127. The van der Waals surface area contributed by atoms with Gasteiger partial charge in [-0.1, -0.05) is 0 Å². The third-order valence-electron chi connectivity index (χ3n) is 2.04. The zero-order valence-corrected chi connectivity index (χ0v) is 9.11. The summed E-state index contributed by atoms with van der Waals surface area (Å²) in [7, 11) is 0. The fourth-order valence-corrected chi connectivity index (χ4v) is 2.27. The number of benzene rings is 1. The zero-order chi connectivity index (χ0) is 10.3. The van der Waals surface area contributed by atoms with Gasteiger partial charge in [0.15, 0.2) is 0 Å². The highest BCUT2D eigenvalue weighted by molar-refractivity contribution is 14.1. The van der Waals surface area contributed by atoms with E-state index in [1.807, 2.05) is 22.6 Å². The molecular formula is C8H6IN2O3-. The Hall–Kier alpha value is -0.860. The first-order valence-electron chi connectivity index (χ1n) is 3.87. The van der Waals surface area contributed by atoms with Gasteiger partial charge >= 0.3 is 0 Å². The summed E-state index contributed by atoms with van der Waals surface area (Å²) in [4.78, 5) is 11.1. The molecule has 6 heteroatoms. The van der Waals surface area contributed by atoms with Gasteiger partial charge in [0.05, 0.1) is 12.1 Å². The van der Waals surface area contributed by atoms with Crippen LogP contribution in [0.1, 0.15) is 5.56 Å². The summed E-state index contributed by atoms with van der Waals surface area (Å²) < 4.78 is 0.607. The van der Waals surface area contributed by atoms with Crippen LogP contribution in [0.4, 0.5) is 11.4 Å². The topological polar surface area (TPSA) is 75.6 Å². The molecule has 74 valence electrons. The van der Waals surface area contributed by atoms with E-state index in [0.29, 0.717) is 9.26 Å². The maximum atomic E-state index is 11.1. The number of hydrogen-bond donors (Lipinski definition) is 2. The largest absolute Gasteiger partial charge is 0.733 e. The van der Waals surface area contributed by atoms with Crippen molar-refractivity contribution in [1.29, 1.82) is 0 Å². The average Bonchev–Trinajstić information content (AvgIpc) is 2.46. The second-order valence-electron chi connectivity index (χ2n) is 2.92. The second-order valence-corrected chi connectivity index (χ2v) is 4.00. The van der Waals surface area contributed by atoms with Crippen molar-refractivity contribution in [3.8, 4) is 0 Å². The van der Waals surface area contributed by atoms with E-state index in [1.165, 1.54) is 6.07 Å². The van der Waals surface area contributed by atoms with Crippen LogP contribution < -0.4 is 10.5 Å². The van der Waals surface area contributed by atoms with Crippen molar-refractivity contribution >= 4 is 39.9 Å². The summed E-state index contributed by atoms with van der Waals surface area (Å²) in [6.45, 7) is 0. The number of carbonyl (C=O) groups is 1. The smallest absolute Gasteiger partial charge is 0.228 e. The average molecular weight is 305 g/mol. The quantitative estimate of drug-likeness (QED) is 0.609. The van der Waals surface area contributed by atoms with E-state index in [1.54, 1.807) is 6.07 Å². The van der Waals surface area contributed by atoms with Gasteiger partial charge in [-0.15, -0.1) is 0 Å². The molecule has 2 rings (SSSR count). The van der Waals surface area contributed by atoms with E-state index in [4.69, 9.17) is 5.21 Å². The van der Waals surface area contributed by atoms with Gasteiger partial charge in [-0.05, 0) is 34.7 Å². The van der Waals surface area contributed by atoms with Gasteiger partial charge in [-0.3, -0.25) is 10.0 Å². The molecule has 0 atom stereocenters. The monoisotopic (exact) mass is 305 g/mol. The molecule has 0 bridgehead atoms. The molecule has 0 aromatic heterocycles. The number of rotatable bonds is 1. The molecule has 0 saturated carbocycles. The maximum Gasteiger partial charge on any atom is 0.228 e.